The number of likely N-dealkylation sites (tertiary alicyclic amines) is 1. The SMILES string of the molecule is COc1ccc(CN2CCN(C3CC4(CCN(C(=O)OC(C)(C)C)CC4)C3)C(c3ccccc3C(C)C)C2)nc1OC. The number of amides is 1. The van der Waals surface area contributed by atoms with Crippen LogP contribution in [0.5, 0.6) is 11.6 Å². The van der Waals surface area contributed by atoms with Gasteiger partial charge in [-0.3, -0.25) is 9.80 Å². The van der Waals surface area contributed by atoms with Crippen molar-refractivity contribution in [3.63, 3.8) is 0 Å². The van der Waals surface area contributed by atoms with Crippen LogP contribution in [0.15, 0.2) is 36.4 Å². The Morgan fingerprint density at radius 2 is 1.71 bits per heavy atom. The minimum absolute atomic E-state index is 0.168. The zero-order valence-corrected chi connectivity index (χ0v) is 26.7. The fourth-order valence-electron chi connectivity index (χ4n) is 7.21. The highest BCUT2D eigenvalue weighted by molar-refractivity contribution is 5.68. The van der Waals surface area contributed by atoms with E-state index < -0.39 is 5.60 Å². The van der Waals surface area contributed by atoms with Crippen molar-refractivity contribution >= 4 is 6.09 Å². The number of benzene rings is 1. The molecule has 5 rings (SSSR count). The molecule has 2 aliphatic heterocycles. The number of ether oxygens (including phenoxy) is 3. The quantitative estimate of drug-likeness (QED) is 0.384. The number of aromatic nitrogens is 1. The molecule has 0 bridgehead atoms. The highest BCUT2D eigenvalue weighted by atomic mass is 16.6. The van der Waals surface area contributed by atoms with Gasteiger partial charge < -0.3 is 19.1 Å². The Labute approximate surface area is 252 Å². The molecule has 3 fully saturated rings. The lowest BCUT2D eigenvalue weighted by Gasteiger charge is -2.58. The molecule has 3 aliphatic rings. The van der Waals surface area contributed by atoms with Crippen LogP contribution in [0.1, 0.15) is 89.1 Å². The molecule has 2 saturated heterocycles. The molecular weight excluding hydrogens is 528 g/mol. The van der Waals surface area contributed by atoms with Crippen molar-refractivity contribution in [2.45, 2.75) is 90.4 Å². The van der Waals surface area contributed by atoms with Crippen LogP contribution in [0.3, 0.4) is 0 Å². The standard InChI is InChI=1S/C34H50N4O4/c1-24(2)27-10-8-9-11-28(27)29-23-36(22-25-12-13-30(40-6)31(35-25)41-7)18-19-38(29)26-20-34(21-26)14-16-37(17-15-34)32(39)42-33(3,4)5/h8-13,24,26,29H,14-23H2,1-7H3. The molecular formula is C34H50N4O4. The highest BCUT2D eigenvalue weighted by Crippen LogP contribution is 2.53. The first kappa shape index (κ1) is 30.6. The fourth-order valence-corrected chi connectivity index (χ4v) is 7.21. The Morgan fingerprint density at radius 1 is 1.00 bits per heavy atom. The fraction of sp³-hybridized carbons (Fsp3) is 0.647. The van der Waals surface area contributed by atoms with Crippen LogP contribution >= 0.6 is 0 Å². The summed E-state index contributed by atoms with van der Waals surface area (Å²) in [5.74, 6) is 1.66. The molecule has 0 radical (unpaired) electrons. The van der Waals surface area contributed by atoms with Gasteiger partial charge in [0.25, 0.3) is 5.88 Å². The summed E-state index contributed by atoms with van der Waals surface area (Å²) < 4.78 is 16.5. The molecule has 1 aromatic carbocycles. The summed E-state index contributed by atoms with van der Waals surface area (Å²) >= 11 is 0. The number of carbonyl (C=O) groups is 1. The van der Waals surface area contributed by atoms with Crippen LogP contribution in [0.4, 0.5) is 4.79 Å². The Bertz CT molecular complexity index is 1230. The molecule has 1 unspecified atom stereocenters. The van der Waals surface area contributed by atoms with Gasteiger partial charge in [-0.15, -0.1) is 0 Å². The van der Waals surface area contributed by atoms with E-state index in [1.165, 1.54) is 24.0 Å². The topological polar surface area (TPSA) is 67.4 Å². The van der Waals surface area contributed by atoms with Crippen LogP contribution in [-0.2, 0) is 11.3 Å². The summed E-state index contributed by atoms with van der Waals surface area (Å²) in [7, 11) is 3.28. The number of rotatable bonds is 7. The van der Waals surface area contributed by atoms with Gasteiger partial charge in [0.15, 0.2) is 5.75 Å². The Kier molecular flexibility index (Phi) is 9.05. The van der Waals surface area contributed by atoms with Crippen LogP contribution in [-0.4, -0.2) is 84.4 Å². The third kappa shape index (κ3) is 6.70. The van der Waals surface area contributed by atoms with Crippen LogP contribution in [0.2, 0.25) is 0 Å². The molecule has 1 aromatic heterocycles. The molecule has 230 valence electrons. The number of nitrogens with zero attached hydrogens (tertiary/aromatic N) is 4. The first-order valence-electron chi connectivity index (χ1n) is 15.6. The van der Waals surface area contributed by atoms with Gasteiger partial charge >= 0.3 is 6.09 Å². The minimum Gasteiger partial charge on any atom is -0.491 e. The van der Waals surface area contributed by atoms with E-state index in [0.29, 0.717) is 35.0 Å². The number of methoxy groups -OCH3 is 2. The Hall–Kier alpha value is -2.84. The van der Waals surface area contributed by atoms with Gasteiger partial charge in [-0.25, -0.2) is 9.78 Å². The number of carbonyl (C=O) groups excluding carboxylic acids is 1. The van der Waals surface area contributed by atoms with Gasteiger partial charge in [-0.1, -0.05) is 38.1 Å². The second-order valence-corrected chi connectivity index (χ2v) is 13.8. The van der Waals surface area contributed by atoms with E-state index in [2.05, 4.69) is 47.9 Å². The molecule has 1 atom stereocenters. The molecule has 1 saturated carbocycles. The largest absolute Gasteiger partial charge is 0.491 e. The zero-order valence-electron chi connectivity index (χ0n) is 26.7. The predicted octanol–water partition coefficient (Wildman–Crippen LogP) is 6.26. The van der Waals surface area contributed by atoms with E-state index in [1.54, 1.807) is 14.2 Å². The number of hydrogen-bond acceptors (Lipinski definition) is 7. The van der Waals surface area contributed by atoms with Gasteiger partial charge in [-0.05, 0) is 81.0 Å². The number of hydrogen-bond donors (Lipinski definition) is 0. The van der Waals surface area contributed by atoms with Gasteiger partial charge in [0.2, 0.25) is 0 Å². The summed E-state index contributed by atoms with van der Waals surface area (Å²) in [4.78, 5) is 24.6. The summed E-state index contributed by atoms with van der Waals surface area (Å²) in [6.45, 7) is 15.8. The van der Waals surface area contributed by atoms with E-state index in [-0.39, 0.29) is 6.09 Å². The van der Waals surface area contributed by atoms with Crippen molar-refractivity contribution in [1.82, 2.24) is 19.7 Å². The molecule has 1 amide bonds. The number of piperidine rings is 1. The summed E-state index contributed by atoms with van der Waals surface area (Å²) in [6.07, 6.45) is 4.40. The predicted molar refractivity (Wildman–Crippen MR) is 165 cm³/mol. The molecule has 1 spiro atoms. The molecule has 3 heterocycles. The van der Waals surface area contributed by atoms with E-state index in [1.807, 2.05) is 37.8 Å². The van der Waals surface area contributed by atoms with Crippen molar-refractivity contribution < 1.29 is 19.0 Å². The summed E-state index contributed by atoms with van der Waals surface area (Å²) in [5.41, 5.74) is 3.80. The lowest BCUT2D eigenvalue weighted by Crippen LogP contribution is -2.60. The van der Waals surface area contributed by atoms with Crippen molar-refractivity contribution in [3.8, 4) is 11.6 Å². The van der Waals surface area contributed by atoms with E-state index >= 15 is 0 Å². The van der Waals surface area contributed by atoms with Gasteiger partial charge in [0.05, 0.1) is 19.9 Å². The Balaban J connectivity index is 1.28. The van der Waals surface area contributed by atoms with Crippen molar-refractivity contribution in [2.24, 2.45) is 5.41 Å². The van der Waals surface area contributed by atoms with E-state index in [9.17, 15) is 4.79 Å². The van der Waals surface area contributed by atoms with Crippen LogP contribution in [0.25, 0.3) is 0 Å². The van der Waals surface area contributed by atoms with Crippen LogP contribution < -0.4 is 9.47 Å². The average Bonchev–Trinajstić information content (AvgIpc) is 2.95. The van der Waals surface area contributed by atoms with Gasteiger partial charge in [-0.2, -0.15) is 0 Å². The van der Waals surface area contributed by atoms with Gasteiger partial charge in [0.1, 0.15) is 5.60 Å². The first-order chi connectivity index (χ1) is 20.0. The molecule has 42 heavy (non-hydrogen) atoms. The maximum atomic E-state index is 12.6. The molecule has 8 nitrogen and oxygen atoms in total. The molecule has 0 N–H and O–H groups in total. The van der Waals surface area contributed by atoms with E-state index in [4.69, 9.17) is 19.2 Å². The normalized spacial score (nSPS) is 21.8. The third-order valence-corrected chi connectivity index (χ3v) is 9.45. The lowest BCUT2D eigenvalue weighted by molar-refractivity contribution is -0.0783. The molecule has 2 aromatic rings. The third-order valence-electron chi connectivity index (χ3n) is 9.45. The van der Waals surface area contributed by atoms with E-state index in [0.717, 1.165) is 57.8 Å². The monoisotopic (exact) mass is 578 g/mol. The number of pyridine rings is 1. The summed E-state index contributed by atoms with van der Waals surface area (Å²) in [6, 6.07) is 13.9. The molecule has 8 heteroatoms. The smallest absolute Gasteiger partial charge is 0.410 e. The van der Waals surface area contributed by atoms with Crippen molar-refractivity contribution in [2.75, 3.05) is 46.9 Å². The second kappa shape index (κ2) is 12.4. The maximum absolute atomic E-state index is 12.6. The summed E-state index contributed by atoms with van der Waals surface area (Å²) in [5, 5.41) is 0. The average molecular weight is 579 g/mol. The first-order valence-corrected chi connectivity index (χ1v) is 15.6. The minimum atomic E-state index is -0.452. The van der Waals surface area contributed by atoms with Gasteiger partial charge in [0, 0.05) is 51.4 Å². The molecule has 1 aliphatic carbocycles. The van der Waals surface area contributed by atoms with Crippen molar-refractivity contribution in [3.05, 3.63) is 53.2 Å². The maximum Gasteiger partial charge on any atom is 0.410 e. The highest BCUT2D eigenvalue weighted by Gasteiger charge is 2.50. The van der Waals surface area contributed by atoms with Crippen LogP contribution in [0, 0.1) is 5.41 Å². The zero-order chi connectivity index (χ0) is 30.1. The van der Waals surface area contributed by atoms with Crippen molar-refractivity contribution in [1.29, 1.82) is 0 Å². The Morgan fingerprint density at radius 3 is 2.36 bits per heavy atom. The second-order valence-electron chi connectivity index (χ2n) is 13.8. The number of piperazine rings is 1. The lowest BCUT2D eigenvalue weighted by atomic mass is 9.59.